The van der Waals surface area contributed by atoms with E-state index in [1.54, 1.807) is 0 Å². The Bertz CT molecular complexity index is 214. The van der Waals surface area contributed by atoms with E-state index in [4.69, 9.17) is 0 Å². The normalized spacial score (nSPS) is 19.0. The lowest BCUT2D eigenvalue weighted by atomic mass is 10.2. The first-order chi connectivity index (χ1) is 7.65. The largest absolute Gasteiger partial charge is 0.352 e. The van der Waals surface area contributed by atoms with Gasteiger partial charge in [-0.25, -0.2) is 0 Å². The van der Waals surface area contributed by atoms with E-state index >= 15 is 0 Å². The van der Waals surface area contributed by atoms with Crippen LogP contribution in [0.5, 0.6) is 0 Å². The van der Waals surface area contributed by atoms with E-state index in [-0.39, 0.29) is 11.9 Å². The molecule has 4 nitrogen and oxygen atoms in total. The van der Waals surface area contributed by atoms with E-state index in [1.807, 2.05) is 21.0 Å². The van der Waals surface area contributed by atoms with Gasteiger partial charge in [-0.1, -0.05) is 12.8 Å². The summed E-state index contributed by atoms with van der Waals surface area (Å²) in [6.45, 7) is 3.78. The van der Waals surface area contributed by atoms with Crippen molar-refractivity contribution in [2.75, 3.05) is 27.2 Å². The highest BCUT2D eigenvalue weighted by molar-refractivity contribution is 5.81. The molecule has 0 heterocycles. The number of carbonyl (C=O) groups excluding carboxylic acids is 1. The molecule has 4 heteroatoms. The van der Waals surface area contributed by atoms with Crippen LogP contribution in [0, 0.1) is 0 Å². The third-order valence-corrected chi connectivity index (χ3v) is 3.46. The van der Waals surface area contributed by atoms with Crippen molar-refractivity contribution in [2.45, 2.75) is 44.7 Å². The van der Waals surface area contributed by atoms with Gasteiger partial charge in [-0.15, -0.1) is 0 Å². The molecule has 1 aliphatic carbocycles. The molecule has 1 unspecified atom stereocenters. The van der Waals surface area contributed by atoms with Crippen LogP contribution in [0.4, 0.5) is 0 Å². The highest BCUT2D eigenvalue weighted by atomic mass is 16.2. The number of likely N-dealkylation sites (N-methyl/N-ethyl adjacent to an activating group) is 2. The highest BCUT2D eigenvalue weighted by Crippen LogP contribution is 2.17. The molecule has 1 aliphatic rings. The molecule has 1 fully saturated rings. The Hall–Kier alpha value is -0.610. The Labute approximate surface area is 98.8 Å². The molecule has 1 atom stereocenters. The van der Waals surface area contributed by atoms with Crippen LogP contribution in [0.1, 0.15) is 32.6 Å². The third-order valence-electron chi connectivity index (χ3n) is 3.46. The maximum Gasteiger partial charge on any atom is 0.237 e. The molecule has 0 bridgehead atoms. The second-order valence-corrected chi connectivity index (χ2v) is 4.75. The van der Waals surface area contributed by atoms with Crippen molar-refractivity contribution in [3.8, 4) is 0 Å². The number of hydrogen-bond acceptors (Lipinski definition) is 3. The van der Waals surface area contributed by atoms with Crippen LogP contribution in [0.2, 0.25) is 0 Å². The summed E-state index contributed by atoms with van der Waals surface area (Å²) < 4.78 is 0. The van der Waals surface area contributed by atoms with Gasteiger partial charge in [-0.3, -0.25) is 9.69 Å². The van der Waals surface area contributed by atoms with E-state index < -0.39 is 0 Å². The Kier molecular flexibility index (Phi) is 5.77. The molecule has 0 aromatic heterocycles. The lowest BCUT2D eigenvalue weighted by molar-refractivity contribution is -0.126. The molecule has 1 rings (SSSR count). The molecular formula is C12H25N3O. The van der Waals surface area contributed by atoms with Crippen molar-refractivity contribution < 1.29 is 4.79 Å². The van der Waals surface area contributed by atoms with Crippen molar-refractivity contribution in [2.24, 2.45) is 0 Å². The lowest BCUT2D eigenvalue weighted by Crippen LogP contribution is -2.47. The van der Waals surface area contributed by atoms with Gasteiger partial charge < -0.3 is 10.6 Å². The van der Waals surface area contributed by atoms with Gasteiger partial charge in [0.1, 0.15) is 0 Å². The minimum absolute atomic E-state index is 0.0334. The quantitative estimate of drug-likeness (QED) is 0.698. The van der Waals surface area contributed by atoms with Crippen LogP contribution in [-0.2, 0) is 4.79 Å². The fraction of sp³-hybridized carbons (Fsp3) is 0.917. The average Bonchev–Trinajstić information content (AvgIpc) is 2.77. The van der Waals surface area contributed by atoms with Crippen LogP contribution in [-0.4, -0.2) is 50.1 Å². The second-order valence-electron chi connectivity index (χ2n) is 4.75. The lowest BCUT2D eigenvalue weighted by Gasteiger charge is -2.25. The van der Waals surface area contributed by atoms with Gasteiger partial charge >= 0.3 is 0 Å². The fourth-order valence-electron chi connectivity index (χ4n) is 2.07. The zero-order chi connectivity index (χ0) is 12.0. The van der Waals surface area contributed by atoms with Crippen molar-refractivity contribution in [1.82, 2.24) is 15.5 Å². The molecule has 2 N–H and O–H groups in total. The monoisotopic (exact) mass is 227 g/mol. The summed E-state index contributed by atoms with van der Waals surface area (Å²) in [6, 6.07) is 0.390. The highest BCUT2D eigenvalue weighted by Gasteiger charge is 2.22. The van der Waals surface area contributed by atoms with Crippen LogP contribution < -0.4 is 10.6 Å². The Morgan fingerprint density at radius 1 is 1.44 bits per heavy atom. The summed E-state index contributed by atoms with van der Waals surface area (Å²) in [4.78, 5) is 14.0. The van der Waals surface area contributed by atoms with Gasteiger partial charge in [-0.2, -0.15) is 0 Å². The molecular weight excluding hydrogens is 202 g/mol. The van der Waals surface area contributed by atoms with Gasteiger partial charge in [0.15, 0.2) is 0 Å². The first-order valence-electron chi connectivity index (χ1n) is 6.30. The van der Waals surface area contributed by atoms with Gasteiger partial charge in [0.25, 0.3) is 0 Å². The SMILES string of the molecule is CNCCN(C)C(C)C(=O)NC1CCCC1. The number of nitrogens with one attached hydrogen (secondary N) is 2. The number of rotatable bonds is 6. The van der Waals surface area contributed by atoms with Crippen LogP contribution in [0.15, 0.2) is 0 Å². The number of nitrogens with zero attached hydrogens (tertiary/aromatic N) is 1. The summed E-state index contributed by atoms with van der Waals surface area (Å²) in [7, 11) is 3.92. The average molecular weight is 227 g/mol. The molecule has 1 amide bonds. The molecule has 1 saturated carbocycles. The smallest absolute Gasteiger partial charge is 0.237 e. The summed E-state index contributed by atoms with van der Waals surface area (Å²) in [5, 5.41) is 6.23. The van der Waals surface area contributed by atoms with Crippen LogP contribution in [0.25, 0.3) is 0 Å². The Balaban J connectivity index is 2.28. The summed E-state index contributed by atoms with van der Waals surface area (Å²) in [6.07, 6.45) is 4.82. The van der Waals surface area contributed by atoms with Gasteiger partial charge in [0.05, 0.1) is 6.04 Å². The van der Waals surface area contributed by atoms with E-state index in [1.165, 1.54) is 12.8 Å². The van der Waals surface area contributed by atoms with Gasteiger partial charge in [-0.05, 0) is 33.9 Å². The molecule has 0 aromatic carbocycles. The minimum Gasteiger partial charge on any atom is -0.352 e. The Morgan fingerprint density at radius 3 is 2.62 bits per heavy atom. The third kappa shape index (κ3) is 4.10. The number of carbonyl (C=O) groups is 1. The first-order valence-corrected chi connectivity index (χ1v) is 6.30. The predicted molar refractivity (Wildman–Crippen MR) is 66.4 cm³/mol. The maximum absolute atomic E-state index is 11.9. The predicted octanol–water partition coefficient (Wildman–Crippen LogP) is 0.585. The molecule has 0 aliphatic heterocycles. The molecule has 94 valence electrons. The first kappa shape index (κ1) is 13.5. The van der Waals surface area contributed by atoms with Crippen molar-refractivity contribution in [3.05, 3.63) is 0 Å². The van der Waals surface area contributed by atoms with Crippen molar-refractivity contribution in [1.29, 1.82) is 0 Å². The molecule has 0 spiro atoms. The summed E-state index contributed by atoms with van der Waals surface area (Å²) >= 11 is 0. The topological polar surface area (TPSA) is 44.4 Å². The van der Waals surface area contributed by atoms with Crippen molar-refractivity contribution >= 4 is 5.91 Å². The van der Waals surface area contributed by atoms with E-state index in [0.717, 1.165) is 25.9 Å². The number of amides is 1. The molecule has 0 aromatic rings. The number of hydrogen-bond donors (Lipinski definition) is 2. The van der Waals surface area contributed by atoms with Crippen LogP contribution >= 0.6 is 0 Å². The second kappa shape index (κ2) is 6.86. The van der Waals surface area contributed by atoms with Gasteiger partial charge in [0.2, 0.25) is 5.91 Å². The van der Waals surface area contributed by atoms with Crippen molar-refractivity contribution in [3.63, 3.8) is 0 Å². The Morgan fingerprint density at radius 2 is 2.06 bits per heavy atom. The standard InChI is InChI=1S/C12H25N3O/c1-10(15(3)9-8-13-2)12(16)14-11-6-4-5-7-11/h10-11,13H,4-9H2,1-3H3,(H,14,16). The fourth-order valence-corrected chi connectivity index (χ4v) is 2.07. The van der Waals surface area contributed by atoms with E-state index in [2.05, 4.69) is 15.5 Å². The molecule has 16 heavy (non-hydrogen) atoms. The maximum atomic E-state index is 11.9. The van der Waals surface area contributed by atoms with E-state index in [0.29, 0.717) is 6.04 Å². The van der Waals surface area contributed by atoms with Gasteiger partial charge in [0, 0.05) is 19.1 Å². The zero-order valence-corrected chi connectivity index (χ0v) is 10.8. The van der Waals surface area contributed by atoms with Crippen LogP contribution in [0.3, 0.4) is 0 Å². The molecule has 0 radical (unpaired) electrons. The summed E-state index contributed by atoms with van der Waals surface area (Å²) in [5.74, 6) is 0.172. The minimum atomic E-state index is -0.0334. The zero-order valence-electron chi connectivity index (χ0n) is 10.8. The molecule has 0 saturated heterocycles. The van der Waals surface area contributed by atoms with E-state index in [9.17, 15) is 4.79 Å². The summed E-state index contributed by atoms with van der Waals surface area (Å²) in [5.41, 5.74) is 0.